The minimum absolute atomic E-state index is 0.423. The number of benzene rings is 2. The lowest BCUT2D eigenvalue weighted by molar-refractivity contribution is 1.06. The molecule has 0 radical (unpaired) electrons. The van der Waals surface area contributed by atoms with E-state index >= 15 is 0 Å². The maximum atomic E-state index is 8.70. The molecule has 2 aromatic carbocycles. The van der Waals surface area contributed by atoms with E-state index in [1.165, 1.54) is 0 Å². The van der Waals surface area contributed by atoms with Crippen LogP contribution in [0, 0.1) is 16.1 Å². The number of hydrogen-bond donors (Lipinski definition) is 1. The van der Waals surface area contributed by atoms with Gasteiger partial charge in [0.05, 0.1) is 23.5 Å². The molecule has 20 heavy (non-hydrogen) atoms. The summed E-state index contributed by atoms with van der Waals surface area (Å²) < 4.78 is 3.66. The number of halogens is 1. The molecule has 0 saturated heterocycles. The summed E-state index contributed by atoms with van der Waals surface area (Å²) in [7, 11) is 0. The van der Waals surface area contributed by atoms with Crippen LogP contribution in [0.15, 0.2) is 46.9 Å². The number of imidazole rings is 1. The molecule has 0 aliphatic rings. The molecule has 0 atom stereocenters. The number of nitriles is 1. The average Bonchev–Trinajstić information content (AvgIpc) is 2.75. The fourth-order valence-corrected chi connectivity index (χ4v) is 2.87. The van der Waals surface area contributed by atoms with Gasteiger partial charge in [-0.3, -0.25) is 4.57 Å². The van der Waals surface area contributed by atoms with E-state index in [1.54, 1.807) is 0 Å². The third-order valence-corrected chi connectivity index (χ3v) is 3.90. The van der Waals surface area contributed by atoms with Crippen LogP contribution in [0.5, 0.6) is 0 Å². The fraction of sp³-hybridized carbons (Fsp3) is 0.0667. The smallest absolute Gasteiger partial charge is 0.182 e. The summed E-state index contributed by atoms with van der Waals surface area (Å²) in [5.41, 5.74) is 4.02. The predicted molar refractivity (Wildman–Crippen MR) is 85.5 cm³/mol. The van der Waals surface area contributed by atoms with Gasteiger partial charge in [0.1, 0.15) is 0 Å². The number of fused-ring (bicyclic) bond motifs is 1. The number of H-pyrrole nitrogens is 1. The Balaban J connectivity index is 2.17. The molecule has 1 heterocycles. The van der Waals surface area contributed by atoms with Crippen molar-refractivity contribution < 1.29 is 0 Å². The van der Waals surface area contributed by atoms with Gasteiger partial charge < -0.3 is 4.98 Å². The molecule has 3 rings (SSSR count). The molecule has 98 valence electrons. The Morgan fingerprint density at radius 2 is 1.95 bits per heavy atom. The number of nitrogens with one attached hydrogen (secondary N) is 1. The number of aromatic amines is 1. The normalized spacial score (nSPS) is 10.6. The first-order chi connectivity index (χ1) is 9.69. The van der Waals surface area contributed by atoms with Crippen LogP contribution in [0.4, 0.5) is 0 Å². The zero-order valence-corrected chi connectivity index (χ0v) is 12.8. The van der Waals surface area contributed by atoms with E-state index in [2.05, 4.69) is 27.0 Å². The summed E-state index contributed by atoms with van der Waals surface area (Å²) in [6.07, 6.45) is 0.423. The second-order valence-electron chi connectivity index (χ2n) is 4.43. The Hall–Kier alpha value is -1.90. The lowest BCUT2D eigenvalue weighted by Crippen LogP contribution is -1.94. The first-order valence-electron chi connectivity index (χ1n) is 6.05. The van der Waals surface area contributed by atoms with E-state index in [9.17, 15) is 0 Å². The van der Waals surface area contributed by atoms with Crippen LogP contribution < -0.4 is 0 Å². The van der Waals surface area contributed by atoms with Crippen LogP contribution in [-0.4, -0.2) is 9.55 Å². The summed E-state index contributed by atoms with van der Waals surface area (Å²) in [5, 5.41) is 8.70. The summed E-state index contributed by atoms with van der Waals surface area (Å²) in [6.45, 7) is 0. The predicted octanol–water partition coefficient (Wildman–Crippen LogP) is 4.52. The van der Waals surface area contributed by atoms with Crippen molar-refractivity contribution >= 4 is 39.2 Å². The molecule has 3 nitrogen and oxygen atoms in total. The molecule has 0 saturated carbocycles. The third kappa shape index (κ3) is 2.28. The van der Waals surface area contributed by atoms with Crippen molar-refractivity contribution in [3.05, 3.63) is 57.3 Å². The first kappa shape index (κ1) is 13.1. The van der Waals surface area contributed by atoms with E-state index in [0.29, 0.717) is 11.2 Å². The molecule has 0 unspecified atom stereocenters. The highest BCUT2D eigenvalue weighted by Gasteiger charge is 2.06. The molecular weight excluding hydrogens is 334 g/mol. The molecular formula is C15H10BrN3S. The Morgan fingerprint density at radius 3 is 2.65 bits per heavy atom. The topological polar surface area (TPSA) is 44.5 Å². The van der Waals surface area contributed by atoms with E-state index in [1.807, 2.05) is 47.0 Å². The third-order valence-electron chi connectivity index (χ3n) is 3.12. The van der Waals surface area contributed by atoms with Crippen molar-refractivity contribution in [3.63, 3.8) is 0 Å². The van der Waals surface area contributed by atoms with E-state index < -0.39 is 0 Å². The van der Waals surface area contributed by atoms with Gasteiger partial charge in [0, 0.05) is 10.2 Å². The van der Waals surface area contributed by atoms with Gasteiger partial charge in [-0.25, -0.2) is 0 Å². The maximum Gasteiger partial charge on any atom is 0.182 e. The van der Waals surface area contributed by atoms with Gasteiger partial charge >= 0.3 is 0 Å². The van der Waals surface area contributed by atoms with E-state index in [-0.39, 0.29) is 0 Å². The van der Waals surface area contributed by atoms with Crippen molar-refractivity contribution in [2.75, 3.05) is 0 Å². The number of hydrogen-bond acceptors (Lipinski definition) is 2. The minimum atomic E-state index is 0.423. The molecule has 0 bridgehead atoms. The molecule has 5 heteroatoms. The monoisotopic (exact) mass is 343 g/mol. The van der Waals surface area contributed by atoms with Crippen molar-refractivity contribution in [1.29, 1.82) is 5.26 Å². The molecule has 0 fully saturated rings. The van der Waals surface area contributed by atoms with Crippen molar-refractivity contribution in [1.82, 2.24) is 9.55 Å². The molecule has 0 amide bonds. The highest BCUT2D eigenvalue weighted by Crippen LogP contribution is 2.23. The van der Waals surface area contributed by atoms with Crippen LogP contribution in [0.2, 0.25) is 0 Å². The van der Waals surface area contributed by atoms with Gasteiger partial charge in [0.15, 0.2) is 4.77 Å². The molecule has 0 aliphatic carbocycles. The summed E-state index contributed by atoms with van der Waals surface area (Å²) in [4.78, 5) is 3.20. The highest BCUT2D eigenvalue weighted by atomic mass is 79.9. The molecule has 3 aromatic rings. The van der Waals surface area contributed by atoms with Gasteiger partial charge in [-0.2, -0.15) is 5.26 Å². The van der Waals surface area contributed by atoms with Gasteiger partial charge in [0.25, 0.3) is 0 Å². The van der Waals surface area contributed by atoms with Crippen LogP contribution in [-0.2, 0) is 6.42 Å². The van der Waals surface area contributed by atoms with E-state index in [0.717, 1.165) is 26.8 Å². The van der Waals surface area contributed by atoms with Crippen molar-refractivity contribution in [2.24, 2.45) is 0 Å². The van der Waals surface area contributed by atoms with Crippen LogP contribution in [0.1, 0.15) is 5.56 Å². The molecule has 0 spiro atoms. The minimum Gasteiger partial charge on any atom is -0.330 e. The summed E-state index contributed by atoms with van der Waals surface area (Å²) in [6, 6.07) is 16.0. The highest BCUT2D eigenvalue weighted by molar-refractivity contribution is 9.10. The van der Waals surface area contributed by atoms with Gasteiger partial charge in [-0.1, -0.05) is 28.1 Å². The Bertz CT molecular complexity index is 869. The van der Waals surface area contributed by atoms with Gasteiger partial charge in [0.2, 0.25) is 0 Å². The molecule has 0 aliphatic heterocycles. The van der Waals surface area contributed by atoms with Crippen molar-refractivity contribution in [2.45, 2.75) is 6.42 Å². The Labute approximate surface area is 129 Å². The SMILES string of the molecule is N#CCc1ccc(-n2c(=S)[nH]c3cc(Br)ccc32)cc1. The van der Waals surface area contributed by atoms with Gasteiger partial charge in [-0.15, -0.1) is 0 Å². The summed E-state index contributed by atoms with van der Waals surface area (Å²) in [5.74, 6) is 0. The zero-order valence-electron chi connectivity index (χ0n) is 10.4. The van der Waals surface area contributed by atoms with Crippen molar-refractivity contribution in [3.8, 4) is 11.8 Å². The Kier molecular flexibility index (Phi) is 3.43. The van der Waals surface area contributed by atoms with Crippen LogP contribution >= 0.6 is 28.1 Å². The Morgan fingerprint density at radius 1 is 1.20 bits per heavy atom. The lowest BCUT2D eigenvalue weighted by Gasteiger charge is -2.05. The lowest BCUT2D eigenvalue weighted by atomic mass is 10.1. The standard InChI is InChI=1S/C15H10BrN3S/c16-11-3-6-14-13(9-11)18-15(20)19(14)12-4-1-10(2-5-12)7-8-17/h1-6,9H,7H2,(H,18,20). The number of nitrogens with zero attached hydrogens (tertiary/aromatic N) is 2. The van der Waals surface area contributed by atoms with Gasteiger partial charge in [-0.05, 0) is 48.1 Å². The fourth-order valence-electron chi connectivity index (χ4n) is 2.19. The van der Waals surface area contributed by atoms with E-state index in [4.69, 9.17) is 17.5 Å². The molecule has 1 N–H and O–H groups in total. The quantitative estimate of drug-likeness (QED) is 0.695. The summed E-state index contributed by atoms with van der Waals surface area (Å²) >= 11 is 8.86. The second-order valence-corrected chi connectivity index (χ2v) is 5.73. The number of aromatic nitrogens is 2. The number of rotatable bonds is 2. The zero-order chi connectivity index (χ0) is 14.1. The first-order valence-corrected chi connectivity index (χ1v) is 7.26. The second kappa shape index (κ2) is 5.23. The van der Waals surface area contributed by atoms with Crippen LogP contribution in [0.3, 0.4) is 0 Å². The average molecular weight is 344 g/mol. The van der Waals surface area contributed by atoms with Crippen LogP contribution in [0.25, 0.3) is 16.7 Å². The largest absolute Gasteiger partial charge is 0.330 e. The molecule has 1 aromatic heterocycles. The maximum absolute atomic E-state index is 8.70.